The van der Waals surface area contributed by atoms with E-state index in [4.69, 9.17) is 9.47 Å². The van der Waals surface area contributed by atoms with Crippen LogP contribution in [-0.4, -0.2) is 51.7 Å². The average molecular weight is 400 g/mol. The van der Waals surface area contributed by atoms with E-state index >= 15 is 0 Å². The van der Waals surface area contributed by atoms with Crippen molar-refractivity contribution in [2.75, 3.05) is 27.3 Å². The van der Waals surface area contributed by atoms with Gasteiger partial charge in [0.15, 0.2) is 0 Å². The number of nitrogens with zero attached hydrogens (tertiary/aromatic N) is 5. The molecular formula is C20H25N5O2S. The number of rotatable bonds is 7. The van der Waals surface area contributed by atoms with Crippen LogP contribution in [0.1, 0.15) is 17.7 Å². The number of methoxy groups -OCH3 is 2. The summed E-state index contributed by atoms with van der Waals surface area (Å²) in [7, 11) is 3.16. The number of piperidine rings is 1. The summed E-state index contributed by atoms with van der Waals surface area (Å²) < 4.78 is 12.6. The zero-order chi connectivity index (χ0) is 19.3. The summed E-state index contributed by atoms with van der Waals surface area (Å²) in [6.45, 7) is 4.31. The molecule has 0 saturated carbocycles. The molecule has 0 N–H and O–H groups in total. The highest BCUT2D eigenvalue weighted by atomic mass is 32.1. The van der Waals surface area contributed by atoms with E-state index in [1.807, 2.05) is 18.6 Å². The zero-order valence-corrected chi connectivity index (χ0v) is 17.1. The standard InChI is InChI=1S/C20H25N5O2S/c1-26-19-10-17(22-20(23-19)27-2)18-6-5-16(28-18)13-24-8-3-4-15(11-24)12-25-9-7-21-14-25/h5-7,9-10,14-15H,3-4,8,11-13H2,1-2H3. The topological polar surface area (TPSA) is 65.3 Å². The lowest BCUT2D eigenvalue weighted by atomic mass is 9.98. The average Bonchev–Trinajstić information content (AvgIpc) is 3.40. The molecule has 3 aromatic rings. The molecule has 1 fully saturated rings. The van der Waals surface area contributed by atoms with Gasteiger partial charge >= 0.3 is 6.01 Å². The van der Waals surface area contributed by atoms with E-state index < -0.39 is 0 Å². The second-order valence-electron chi connectivity index (χ2n) is 7.05. The Morgan fingerprint density at radius 3 is 2.93 bits per heavy atom. The minimum absolute atomic E-state index is 0.322. The Balaban J connectivity index is 1.42. The van der Waals surface area contributed by atoms with Crippen LogP contribution in [0.5, 0.6) is 11.9 Å². The van der Waals surface area contributed by atoms with E-state index in [9.17, 15) is 0 Å². The summed E-state index contributed by atoms with van der Waals surface area (Å²) in [6.07, 6.45) is 8.34. The van der Waals surface area contributed by atoms with Gasteiger partial charge in [-0.2, -0.15) is 9.97 Å². The van der Waals surface area contributed by atoms with Gasteiger partial charge in [0.25, 0.3) is 0 Å². The van der Waals surface area contributed by atoms with Gasteiger partial charge in [0.1, 0.15) is 0 Å². The highest BCUT2D eigenvalue weighted by Gasteiger charge is 2.21. The Labute approximate surface area is 169 Å². The second-order valence-corrected chi connectivity index (χ2v) is 8.22. The van der Waals surface area contributed by atoms with Gasteiger partial charge in [-0.05, 0) is 37.4 Å². The first-order valence-corrected chi connectivity index (χ1v) is 10.3. The van der Waals surface area contributed by atoms with Gasteiger partial charge in [0, 0.05) is 43.0 Å². The van der Waals surface area contributed by atoms with Crippen LogP contribution in [0.15, 0.2) is 36.9 Å². The van der Waals surface area contributed by atoms with Crippen molar-refractivity contribution in [1.82, 2.24) is 24.4 Å². The van der Waals surface area contributed by atoms with E-state index in [2.05, 4.69) is 42.7 Å². The van der Waals surface area contributed by atoms with Crippen LogP contribution in [0.4, 0.5) is 0 Å². The molecule has 1 aliphatic heterocycles. The first-order chi connectivity index (χ1) is 13.7. The number of ether oxygens (including phenoxy) is 2. The number of hydrogen-bond donors (Lipinski definition) is 0. The van der Waals surface area contributed by atoms with Gasteiger partial charge in [0.05, 0.1) is 31.1 Å². The fourth-order valence-corrected chi connectivity index (χ4v) is 4.69. The molecule has 0 spiro atoms. The molecule has 8 heteroatoms. The second kappa shape index (κ2) is 8.70. The molecule has 0 bridgehead atoms. The highest BCUT2D eigenvalue weighted by molar-refractivity contribution is 7.15. The predicted octanol–water partition coefficient (Wildman–Crippen LogP) is 3.33. The maximum absolute atomic E-state index is 5.26. The van der Waals surface area contributed by atoms with Gasteiger partial charge in [-0.25, -0.2) is 4.98 Å². The summed E-state index contributed by atoms with van der Waals surface area (Å²) in [5, 5.41) is 0. The van der Waals surface area contributed by atoms with Gasteiger partial charge < -0.3 is 14.0 Å². The number of aromatic nitrogens is 4. The normalized spacial score (nSPS) is 17.6. The van der Waals surface area contributed by atoms with Crippen LogP contribution < -0.4 is 9.47 Å². The Kier molecular flexibility index (Phi) is 5.87. The molecule has 4 heterocycles. The molecule has 28 heavy (non-hydrogen) atoms. The first kappa shape index (κ1) is 18.9. The molecule has 148 valence electrons. The van der Waals surface area contributed by atoms with Gasteiger partial charge in [-0.3, -0.25) is 4.90 Å². The van der Waals surface area contributed by atoms with Crippen molar-refractivity contribution in [3.63, 3.8) is 0 Å². The van der Waals surface area contributed by atoms with Crippen molar-refractivity contribution in [1.29, 1.82) is 0 Å². The van der Waals surface area contributed by atoms with Gasteiger partial charge in [0.2, 0.25) is 5.88 Å². The quantitative estimate of drug-likeness (QED) is 0.607. The van der Waals surface area contributed by atoms with Crippen LogP contribution in [0.25, 0.3) is 10.6 Å². The van der Waals surface area contributed by atoms with E-state index in [1.165, 1.54) is 17.7 Å². The third-order valence-corrected chi connectivity index (χ3v) is 6.09. The van der Waals surface area contributed by atoms with Crippen molar-refractivity contribution < 1.29 is 9.47 Å². The van der Waals surface area contributed by atoms with Gasteiger partial charge in [-0.15, -0.1) is 11.3 Å². The van der Waals surface area contributed by atoms with Crippen molar-refractivity contribution in [3.8, 4) is 22.5 Å². The molecule has 3 aromatic heterocycles. The number of thiophene rings is 1. The largest absolute Gasteiger partial charge is 0.481 e. The Morgan fingerprint density at radius 1 is 1.21 bits per heavy atom. The molecular weight excluding hydrogens is 374 g/mol. The third-order valence-electron chi connectivity index (χ3n) is 5.00. The van der Waals surface area contributed by atoms with Crippen LogP contribution in [-0.2, 0) is 13.1 Å². The molecule has 1 aliphatic rings. The maximum atomic E-state index is 5.26. The molecule has 0 radical (unpaired) electrons. The fourth-order valence-electron chi connectivity index (χ4n) is 3.68. The van der Waals surface area contributed by atoms with Crippen molar-refractivity contribution in [2.45, 2.75) is 25.9 Å². The van der Waals surface area contributed by atoms with Crippen LogP contribution in [0, 0.1) is 5.92 Å². The lowest BCUT2D eigenvalue weighted by molar-refractivity contribution is 0.157. The monoisotopic (exact) mass is 399 g/mol. The number of likely N-dealkylation sites (tertiary alicyclic amines) is 1. The summed E-state index contributed by atoms with van der Waals surface area (Å²) in [4.78, 5) is 17.8. The van der Waals surface area contributed by atoms with Crippen molar-refractivity contribution in [2.24, 2.45) is 5.92 Å². The zero-order valence-electron chi connectivity index (χ0n) is 16.2. The molecule has 4 rings (SSSR count). The molecule has 1 atom stereocenters. The molecule has 1 unspecified atom stereocenters. The van der Waals surface area contributed by atoms with E-state index in [0.29, 0.717) is 17.8 Å². The smallest absolute Gasteiger partial charge is 0.320 e. The molecule has 1 saturated heterocycles. The lowest BCUT2D eigenvalue weighted by Gasteiger charge is -2.32. The summed E-state index contributed by atoms with van der Waals surface area (Å²) in [6, 6.07) is 6.48. The molecule has 7 nitrogen and oxygen atoms in total. The predicted molar refractivity (Wildman–Crippen MR) is 109 cm³/mol. The number of imidazole rings is 1. The van der Waals surface area contributed by atoms with Crippen LogP contribution in [0.2, 0.25) is 0 Å². The summed E-state index contributed by atoms with van der Waals surface area (Å²) >= 11 is 1.77. The fraction of sp³-hybridized carbons (Fsp3) is 0.450. The third kappa shape index (κ3) is 4.51. The molecule has 0 aliphatic carbocycles. The summed E-state index contributed by atoms with van der Waals surface area (Å²) in [5.41, 5.74) is 0.830. The highest BCUT2D eigenvalue weighted by Crippen LogP contribution is 2.31. The van der Waals surface area contributed by atoms with E-state index in [-0.39, 0.29) is 0 Å². The van der Waals surface area contributed by atoms with Crippen LogP contribution >= 0.6 is 11.3 Å². The Hall–Kier alpha value is -2.45. The molecule has 0 amide bonds. The minimum Gasteiger partial charge on any atom is -0.481 e. The minimum atomic E-state index is 0.322. The van der Waals surface area contributed by atoms with Crippen molar-refractivity contribution >= 4 is 11.3 Å². The molecule has 0 aromatic carbocycles. The first-order valence-electron chi connectivity index (χ1n) is 9.47. The Morgan fingerprint density at radius 2 is 2.14 bits per heavy atom. The Bertz CT molecular complexity index is 874. The van der Waals surface area contributed by atoms with Crippen molar-refractivity contribution in [3.05, 3.63) is 41.8 Å². The summed E-state index contributed by atoms with van der Waals surface area (Å²) in [5.74, 6) is 1.19. The van der Waals surface area contributed by atoms with E-state index in [0.717, 1.165) is 36.8 Å². The van der Waals surface area contributed by atoms with Gasteiger partial charge in [-0.1, -0.05) is 0 Å². The SMILES string of the molecule is COc1cc(-c2ccc(CN3CCCC(Cn4ccnc4)C3)s2)nc(OC)n1. The number of hydrogen-bond acceptors (Lipinski definition) is 7. The van der Waals surface area contributed by atoms with E-state index in [1.54, 1.807) is 25.6 Å². The maximum Gasteiger partial charge on any atom is 0.320 e. The van der Waals surface area contributed by atoms with Crippen LogP contribution in [0.3, 0.4) is 0 Å². The lowest BCUT2D eigenvalue weighted by Crippen LogP contribution is -2.36.